The van der Waals surface area contributed by atoms with Crippen molar-refractivity contribution in [1.82, 2.24) is 10.3 Å². The molecule has 1 heterocycles. The molecule has 0 aliphatic heterocycles. The monoisotopic (exact) mass is 302 g/mol. The van der Waals surface area contributed by atoms with E-state index in [0.29, 0.717) is 11.3 Å². The molecule has 0 bridgehead atoms. The Kier molecular flexibility index (Phi) is 4.93. The quantitative estimate of drug-likeness (QED) is 0.740. The van der Waals surface area contributed by atoms with Crippen molar-refractivity contribution in [3.63, 3.8) is 0 Å². The Morgan fingerprint density at radius 2 is 2.29 bits per heavy atom. The molecule has 2 rings (SSSR count). The van der Waals surface area contributed by atoms with Crippen molar-refractivity contribution in [3.8, 4) is 11.8 Å². The number of H-pyrrole nitrogens is 1. The van der Waals surface area contributed by atoms with E-state index >= 15 is 0 Å². The van der Waals surface area contributed by atoms with E-state index in [4.69, 9.17) is 5.11 Å². The summed E-state index contributed by atoms with van der Waals surface area (Å²) in [4.78, 5) is 25.5. The Morgan fingerprint density at radius 1 is 1.48 bits per heavy atom. The van der Waals surface area contributed by atoms with E-state index in [1.54, 1.807) is 23.6 Å². The van der Waals surface area contributed by atoms with E-state index in [1.165, 1.54) is 0 Å². The largest absolute Gasteiger partial charge is 0.384 e. The second kappa shape index (κ2) is 6.88. The van der Waals surface area contributed by atoms with Crippen LogP contribution in [0.15, 0.2) is 28.4 Å². The molecule has 0 saturated carbocycles. The number of carbonyl (C=O) groups is 1. The second-order valence-corrected chi connectivity index (χ2v) is 5.19. The van der Waals surface area contributed by atoms with Gasteiger partial charge in [0.15, 0.2) is 0 Å². The number of hydrogen-bond donors (Lipinski definition) is 3. The number of amides is 1. The van der Waals surface area contributed by atoms with Gasteiger partial charge in [-0.15, -0.1) is 0 Å². The van der Waals surface area contributed by atoms with Crippen LogP contribution in [0, 0.1) is 18.8 Å². The number of benzene rings is 1. The van der Waals surface area contributed by atoms with E-state index in [1.807, 2.05) is 6.92 Å². The van der Waals surface area contributed by atoms with Crippen LogP contribution in [0.4, 0.5) is 0 Å². The summed E-state index contributed by atoms with van der Waals surface area (Å²) in [5, 5.41) is 13.1. The molecule has 0 saturated heterocycles. The molecule has 3 N–H and O–H groups in total. The molecule has 0 atom stereocenters. The number of aliphatic hydroxyl groups is 1. The van der Waals surface area contributed by atoms with Gasteiger partial charge in [0.05, 0.1) is 6.54 Å². The van der Waals surface area contributed by atoms with Crippen molar-refractivity contribution in [2.45, 2.75) is 13.5 Å². The van der Waals surface area contributed by atoms with Gasteiger partial charge in [0, 0.05) is 22.2 Å². The number of aromatic amines is 1. The summed E-state index contributed by atoms with van der Waals surface area (Å²) in [6, 6.07) is 5.17. The summed E-state index contributed by atoms with van der Waals surface area (Å²) in [7, 11) is 0. The van der Waals surface area contributed by atoms with Crippen molar-refractivity contribution in [2.24, 2.45) is 0 Å². The van der Waals surface area contributed by atoms with Crippen molar-refractivity contribution >= 4 is 17.2 Å². The Balaban J connectivity index is 2.05. The maximum absolute atomic E-state index is 12.0. The molecule has 108 valence electrons. The van der Waals surface area contributed by atoms with Gasteiger partial charge in [0.25, 0.3) is 5.91 Å². The van der Waals surface area contributed by atoms with Crippen molar-refractivity contribution in [1.29, 1.82) is 0 Å². The third kappa shape index (κ3) is 4.05. The lowest BCUT2D eigenvalue weighted by molar-refractivity contribution is 0.0950. The molecule has 0 unspecified atom stereocenters. The van der Waals surface area contributed by atoms with Crippen LogP contribution in [-0.2, 0) is 6.54 Å². The summed E-state index contributed by atoms with van der Waals surface area (Å²) < 4.78 is 0. The minimum Gasteiger partial charge on any atom is -0.384 e. The maximum Gasteiger partial charge on any atom is 0.304 e. The van der Waals surface area contributed by atoms with E-state index in [9.17, 15) is 9.59 Å². The molecule has 21 heavy (non-hydrogen) atoms. The number of rotatable bonds is 3. The summed E-state index contributed by atoms with van der Waals surface area (Å²) in [5.74, 6) is 5.18. The summed E-state index contributed by atoms with van der Waals surface area (Å²) in [6.45, 7) is 1.94. The molecule has 0 fully saturated rings. The summed E-state index contributed by atoms with van der Waals surface area (Å²) >= 11 is 1.07. The Bertz CT molecular complexity index is 765. The van der Waals surface area contributed by atoms with Crippen LogP contribution in [0.3, 0.4) is 0 Å². The molecule has 1 amide bonds. The van der Waals surface area contributed by atoms with Crippen LogP contribution in [-0.4, -0.2) is 22.6 Å². The Hall–Kier alpha value is -2.36. The smallest absolute Gasteiger partial charge is 0.304 e. The SMILES string of the molecule is Cc1cc(C(=O)NCc2csc(=O)[nH]2)ccc1C#CCO. The molecule has 1 aromatic carbocycles. The standard InChI is InChI=1S/C15H14N2O3S/c1-10-7-12(5-4-11(10)3-2-6-18)14(19)16-8-13-9-21-15(20)17-13/h4-5,7,9,18H,6,8H2,1H3,(H,16,19)(H,17,20). The fourth-order valence-corrected chi connectivity index (χ4v) is 2.34. The lowest BCUT2D eigenvalue weighted by Gasteiger charge is -2.06. The Morgan fingerprint density at radius 3 is 2.90 bits per heavy atom. The molecule has 0 spiro atoms. The highest BCUT2D eigenvalue weighted by molar-refractivity contribution is 7.07. The molecule has 6 heteroatoms. The number of aliphatic hydroxyl groups excluding tert-OH is 1. The van der Waals surface area contributed by atoms with Gasteiger partial charge in [-0.05, 0) is 30.7 Å². The van der Waals surface area contributed by atoms with E-state index in [0.717, 1.165) is 22.5 Å². The normalized spacial score (nSPS) is 9.81. The fourth-order valence-electron chi connectivity index (χ4n) is 1.76. The number of carbonyl (C=O) groups excluding carboxylic acids is 1. The predicted octanol–water partition coefficient (Wildman–Crippen LogP) is 1.02. The molecule has 0 aliphatic carbocycles. The van der Waals surface area contributed by atoms with Gasteiger partial charge in [-0.1, -0.05) is 23.2 Å². The molecule has 0 aliphatic rings. The summed E-state index contributed by atoms with van der Waals surface area (Å²) in [5.41, 5.74) is 2.86. The zero-order valence-corrected chi connectivity index (χ0v) is 12.2. The van der Waals surface area contributed by atoms with Crippen LogP contribution < -0.4 is 10.2 Å². The molecule has 0 radical (unpaired) electrons. The van der Waals surface area contributed by atoms with E-state index < -0.39 is 0 Å². The average Bonchev–Trinajstić information content (AvgIpc) is 2.89. The van der Waals surface area contributed by atoms with Crippen molar-refractivity contribution in [2.75, 3.05) is 6.61 Å². The third-order valence-electron chi connectivity index (χ3n) is 2.80. The molecular formula is C15H14N2O3S. The second-order valence-electron chi connectivity index (χ2n) is 4.35. The van der Waals surface area contributed by atoms with Crippen molar-refractivity contribution < 1.29 is 9.90 Å². The Labute approximate surface area is 125 Å². The van der Waals surface area contributed by atoms with Crippen LogP contribution >= 0.6 is 11.3 Å². The first-order valence-electron chi connectivity index (χ1n) is 6.25. The van der Waals surface area contributed by atoms with Gasteiger partial charge in [-0.3, -0.25) is 9.59 Å². The molecule has 5 nitrogen and oxygen atoms in total. The third-order valence-corrected chi connectivity index (χ3v) is 3.52. The van der Waals surface area contributed by atoms with Gasteiger partial charge < -0.3 is 15.4 Å². The number of nitrogens with one attached hydrogen (secondary N) is 2. The first kappa shape index (κ1) is 15.0. The number of hydrogen-bond acceptors (Lipinski definition) is 4. The molecule has 1 aromatic heterocycles. The van der Waals surface area contributed by atoms with Crippen LogP contribution in [0.5, 0.6) is 0 Å². The number of aromatic nitrogens is 1. The average molecular weight is 302 g/mol. The van der Waals surface area contributed by atoms with Gasteiger partial charge in [0.2, 0.25) is 0 Å². The van der Waals surface area contributed by atoms with Gasteiger partial charge in [0.1, 0.15) is 6.61 Å². The lowest BCUT2D eigenvalue weighted by Crippen LogP contribution is -2.23. The van der Waals surface area contributed by atoms with E-state index in [2.05, 4.69) is 22.1 Å². The lowest BCUT2D eigenvalue weighted by atomic mass is 10.0. The fraction of sp³-hybridized carbons (Fsp3) is 0.200. The first-order chi connectivity index (χ1) is 10.1. The minimum atomic E-state index is -0.216. The topological polar surface area (TPSA) is 82.2 Å². The number of thiazole rings is 1. The highest BCUT2D eigenvalue weighted by atomic mass is 32.1. The van der Waals surface area contributed by atoms with E-state index in [-0.39, 0.29) is 23.9 Å². The van der Waals surface area contributed by atoms with Crippen molar-refractivity contribution in [3.05, 3.63) is 55.6 Å². The van der Waals surface area contributed by atoms with Crippen LogP contribution in [0.1, 0.15) is 27.2 Å². The predicted molar refractivity (Wildman–Crippen MR) is 81.3 cm³/mol. The van der Waals surface area contributed by atoms with Crippen LogP contribution in [0.25, 0.3) is 0 Å². The zero-order valence-electron chi connectivity index (χ0n) is 11.4. The highest BCUT2D eigenvalue weighted by Crippen LogP contribution is 2.10. The zero-order chi connectivity index (χ0) is 15.2. The van der Waals surface area contributed by atoms with Crippen LogP contribution in [0.2, 0.25) is 0 Å². The molecule has 2 aromatic rings. The minimum absolute atomic E-state index is 0.137. The highest BCUT2D eigenvalue weighted by Gasteiger charge is 2.07. The van der Waals surface area contributed by atoms with Gasteiger partial charge in [-0.2, -0.15) is 0 Å². The molecular weight excluding hydrogens is 288 g/mol. The summed E-state index contributed by atoms with van der Waals surface area (Å²) in [6.07, 6.45) is 0. The van der Waals surface area contributed by atoms with Gasteiger partial charge in [-0.25, -0.2) is 0 Å². The first-order valence-corrected chi connectivity index (χ1v) is 7.13. The number of aryl methyl sites for hydroxylation is 1. The van der Waals surface area contributed by atoms with Gasteiger partial charge >= 0.3 is 4.87 Å². The maximum atomic E-state index is 12.0.